The van der Waals surface area contributed by atoms with Crippen LogP contribution in [0.5, 0.6) is 28.7 Å². The van der Waals surface area contributed by atoms with Crippen molar-refractivity contribution in [3.05, 3.63) is 41.0 Å². The van der Waals surface area contributed by atoms with Crippen LogP contribution >= 0.6 is 0 Å². The molecule has 0 radical (unpaired) electrons. The van der Waals surface area contributed by atoms with Gasteiger partial charge in [-0.25, -0.2) is 0 Å². The van der Waals surface area contributed by atoms with Crippen molar-refractivity contribution in [2.75, 3.05) is 7.11 Å². The van der Waals surface area contributed by atoms with Crippen molar-refractivity contribution in [3.63, 3.8) is 0 Å². The number of hydrogen-bond donors (Lipinski definition) is 6. The maximum absolute atomic E-state index is 10.3. The lowest BCUT2D eigenvalue weighted by molar-refractivity contribution is 0.0191. The van der Waals surface area contributed by atoms with Gasteiger partial charge in [0.15, 0.2) is 11.5 Å². The quantitative estimate of drug-likeness (QED) is 0.428. The number of aliphatic hydroxyl groups excluding tert-OH is 2. The summed E-state index contributed by atoms with van der Waals surface area (Å²) in [6.45, 7) is 5.65. The van der Waals surface area contributed by atoms with E-state index in [1.54, 1.807) is 6.92 Å². The molecule has 2 unspecified atom stereocenters. The van der Waals surface area contributed by atoms with Crippen molar-refractivity contribution in [1.29, 1.82) is 0 Å². The summed E-state index contributed by atoms with van der Waals surface area (Å²) in [5, 5.41) is 55.9. The van der Waals surface area contributed by atoms with Gasteiger partial charge in [0.2, 0.25) is 0 Å². The molecule has 7 nitrogen and oxygen atoms in total. The van der Waals surface area contributed by atoms with Crippen molar-refractivity contribution in [2.24, 2.45) is 0 Å². The molecule has 144 valence electrons. The van der Waals surface area contributed by atoms with Crippen LogP contribution in [-0.4, -0.2) is 43.9 Å². The Morgan fingerprint density at radius 3 is 2.08 bits per heavy atom. The molecule has 0 aliphatic carbocycles. The maximum atomic E-state index is 10.3. The van der Waals surface area contributed by atoms with Crippen LogP contribution in [0.15, 0.2) is 24.3 Å². The Balaban J connectivity index is 0.000000791. The van der Waals surface area contributed by atoms with Crippen molar-refractivity contribution in [2.45, 2.75) is 39.4 Å². The van der Waals surface area contributed by atoms with Gasteiger partial charge in [-0.3, -0.25) is 0 Å². The van der Waals surface area contributed by atoms with Crippen LogP contribution in [0, 0.1) is 6.92 Å². The molecule has 0 fully saturated rings. The first-order chi connectivity index (χ1) is 12.4. The van der Waals surface area contributed by atoms with E-state index >= 15 is 0 Å². The lowest BCUT2D eigenvalue weighted by Crippen LogP contribution is -2.30. The second-order valence-corrected chi connectivity index (χ2v) is 5.41. The Kier molecular flexibility index (Phi) is 7.55. The fourth-order valence-corrected chi connectivity index (χ4v) is 2.67. The Bertz CT molecular complexity index is 743. The maximum Gasteiger partial charge on any atom is 0.157 e. The highest BCUT2D eigenvalue weighted by Gasteiger charge is 2.33. The number of ether oxygens (including phenoxy) is 1. The molecule has 0 amide bonds. The number of benzene rings is 2. The first-order valence-corrected chi connectivity index (χ1v) is 8.24. The van der Waals surface area contributed by atoms with E-state index in [2.05, 4.69) is 0 Å². The molecule has 26 heavy (non-hydrogen) atoms. The molecule has 6 N–H and O–H groups in total. The summed E-state index contributed by atoms with van der Waals surface area (Å²) in [7, 11) is 1.00. The molecule has 0 saturated carbocycles. The Morgan fingerprint density at radius 2 is 1.50 bits per heavy atom. The summed E-state index contributed by atoms with van der Waals surface area (Å²) in [6, 6.07) is 5.37. The summed E-state index contributed by atoms with van der Waals surface area (Å²) in [5.41, 5.74) is 1.38. The van der Waals surface area contributed by atoms with Gasteiger partial charge < -0.3 is 35.4 Å². The fraction of sp³-hybridized carbons (Fsp3) is 0.368. The van der Waals surface area contributed by atoms with Gasteiger partial charge in [-0.05, 0) is 24.6 Å². The van der Waals surface area contributed by atoms with Gasteiger partial charge in [0, 0.05) is 30.7 Å². The van der Waals surface area contributed by atoms with E-state index in [4.69, 9.17) is 9.84 Å². The molecule has 2 aromatic carbocycles. The van der Waals surface area contributed by atoms with Crippen LogP contribution in [0.25, 0.3) is 0 Å². The molecule has 3 rings (SSSR count). The molecular weight excluding hydrogens is 340 g/mol. The molecule has 2 aromatic rings. The first kappa shape index (κ1) is 21.4. The zero-order valence-corrected chi connectivity index (χ0v) is 15.3. The van der Waals surface area contributed by atoms with E-state index in [0.29, 0.717) is 22.4 Å². The summed E-state index contributed by atoms with van der Waals surface area (Å²) in [5.74, 6) is -0.486. The molecule has 1 aliphatic rings. The summed E-state index contributed by atoms with van der Waals surface area (Å²) in [4.78, 5) is 0. The molecule has 0 spiro atoms. The molecule has 7 heteroatoms. The highest BCUT2D eigenvalue weighted by Crippen LogP contribution is 2.45. The number of hydrogen-bond acceptors (Lipinski definition) is 7. The second-order valence-electron chi connectivity index (χ2n) is 5.41. The minimum absolute atomic E-state index is 0.0973. The van der Waals surface area contributed by atoms with E-state index in [-0.39, 0.29) is 29.4 Å². The van der Waals surface area contributed by atoms with Gasteiger partial charge >= 0.3 is 0 Å². The zero-order valence-electron chi connectivity index (χ0n) is 15.3. The van der Waals surface area contributed by atoms with Gasteiger partial charge in [-0.1, -0.05) is 19.9 Å². The van der Waals surface area contributed by atoms with Crippen LogP contribution in [0.3, 0.4) is 0 Å². The normalized spacial score (nSPS) is 17.6. The molecule has 0 saturated heterocycles. The van der Waals surface area contributed by atoms with E-state index in [1.807, 2.05) is 13.8 Å². The SMILES string of the molecule is CC.CO.Cc1c(O)cc(O)c2c1OC(c1ccc(O)c(O)c1)C(O)C2. The van der Waals surface area contributed by atoms with Gasteiger partial charge in [-0.2, -0.15) is 0 Å². The monoisotopic (exact) mass is 366 g/mol. The number of aromatic hydroxyl groups is 4. The molecule has 1 aliphatic heterocycles. The lowest BCUT2D eigenvalue weighted by atomic mass is 9.92. The van der Waals surface area contributed by atoms with Crippen LogP contribution in [0.2, 0.25) is 0 Å². The topological polar surface area (TPSA) is 131 Å². The summed E-state index contributed by atoms with van der Waals surface area (Å²) < 4.78 is 5.75. The Labute approximate surface area is 152 Å². The largest absolute Gasteiger partial charge is 0.507 e. The van der Waals surface area contributed by atoms with E-state index < -0.39 is 12.2 Å². The van der Waals surface area contributed by atoms with Crippen molar-refractivity contribution in [3.8, 4) is 28.7 Å². The fourth-order valence-electron chi connectivity index (χ4n) is 2.67. The third-order valence-corrected chi connectivity index (χ3v) is 3.92. The molecule has 1 heterocycles. The van der Waals surface area contributed by atoms with E-state index in [0.717, 1.165) is 7.11 Å². The van der Waals surface area contributed by atoms with Gasteiger partial charge in [0.05, 0.1) is 6.10 Å². The van der Waals surface area contributed by atoms with E-state index in [9.17, 15) is 25.5 Å². The number of rotatable bonds is 1. The Morgan fingerprint density at radius 1 is 0.885 bits per heavy atom. The van der Waals surface area contributed by atoms with Gasteiger partial charge in [0.25, 0.3) is 0 Å². The van der Waals surface area contributed by atoms with Crippen molar-refractivity contribution in [1.82, 2.24) is 0 Å². The number of phenolic OH excluding ortho intramolecular Hbond substituents is 4. The summed E-state index contributed by atoms with van der Waals surface area (Å²) >= 11 is 0. The predicted octanol–water partition coefficient (Wildman–Crippen LogP) is 2.49. The highest BCUT2D eigenvalue weighted by atomic mass is 16.5. The van der Waals surface area contributed by atoms with Gasteiger partial charge in [0.1, 0.15) is 23.4 Å². The second kappa shape index (κ2) is 9.17. The molecule has 0 bridgehead atoms. The van der Waals surface area contributed by atoms with Crippen molar-refractivity contribution < 1.29 is 35.4 Å². The number of phenols is 4. The molecule has 2 atom stereocenters. The zero-order chi connectivity index (χ0) is 20.0. The third kappa shape index (κ3) is 4.12. The highest BCUT2D eigenvalue weighted by molar-refractivity contribution is 5.57. The molecular formula is C19H26O7. The average Bonchev–Trinajstić information content (AvgIpc) is 2.65. The average molecular weight is 366 g/mol. The van der Waals surface area contributed by atoms with Crippen LogP contribution in [-0.2, 0) is 6.42 Å². The number of fused-ring (bicyclic) bond motifs is 1. The Hall–Kier alpha value is -2.64. The molecule has 0 aromatic heterocycles. The standard InChI is InChI=1S/C16H16O6.C2H6.CH4O/c1-7-11(18)6-12(19)9-5-14(21)16(22-15(7)9)8-2-3-10(17)13(20)4-8;2*1-2/h2-4,6,14,16-21H,5H2,1H3;1-2H3;2H,1H3. The lowest BCUT2D eigenvalue weighted by Gasteiger charge is -2.32. The minimum atomic E-state index is -0.939. The predicted molar refractivity (Wildman–Crippen MR) is 96.9 cm³/mol. The van der Waals surface area contributed by atoms with Crippen LogP contribution in [0.4, 0.5) is 0 Å². The van der Waals surface area contributed by atoms with Gasteiger partial charge in [-0.15, -0.1) is 0 Å². The van der Waals surface area contributed by atoms with Crippen LogP contribution in [0.1, 0.15) is 36.6 Å². The van der Waals surface area contributed by atoms with Crippen LogP contribution < -0.4 is 4.74 Å². The smallest absolute Gasteiger partial charge is 0.157 e. The number of aliphatic hydroxyl groups is 2. The third-order valence-electron chi connectivity index (χ3n) is 3.92. The minimum Gasteiger partial charge on any atom is -0.507 e. The first-order valence-electron chi connectivity index (χ1n) is 8.24. The van der Waals surface area contributed by atoms with Crippen molar-refractivity contribution >= 4 is 0 Å². The van der Waals surface area contributed by atoms with E-state index in [1.165, 1.54) is 24.3 Å². The summed E-state index contributed by atoms with van der Waals surface area (Å²) in [6.07, 6.45) is -1.57.